The first-order chi connectivity index (χ1) is 16.7. The van der Waals surface area contributed by atoms with E-state index >= 15 is 0 Å². The van der Waals surface area contributed by atoms with Crippen LogP contribution in [0.15, 0.2) is 61.2 Å². The molecule has 190 valence electrons. The van der Waals surface area contributed by atoms with Gasteiger partial charge in [0.25, 0.3) is 0 Å². The average Bonchev–Trinajstić information content (AvgIpc) is 3.44. The number of rotatable bonds is 5. The zero-order chi connectivity index (χ0) is 24.7. The normalized spacial score (nSPS) is 13.5. The van der Waals surface area contributed by atoms with E-state index in [2.05, 4.69) is 69.0 Å². The zero-order valence-electron chi connectivity index (χ0n) is 21.4. The topological polar surface area (TPSA) is 46.4 Å². The molecule has 0 fully saturated rings. The van der Waals surface area contributed by atoms with Crippen molar-refractivity contribution in [3.05, 3.63) is 91.1 Å². The van der Waals surface area contributed by atoms with Crippen LogP contribution in [0.25, 0.3) is 16.7 Å². The number of hydrogen-bond donors (Lipinski definition) is 0. The van der Waals surface area contributed by atoms with Gasteiger partial charge in [0.05, 0.1) is 0 Å². The molecule has 36 heavy (non-hydrogen) atoms. The summed E-state index contributed by atoms with van der Waals surface area (Å²) in [6.07, 6.45) is 7.67. The van der Waals surface area contributed by atoms with E-state index in [9.17, 15) is 0 Å². The van der Waals surface area contributed by atoms with Crippen molar-refractivity contribution in [1.29, 1.82) is 0 Å². The van der Waals surface area contributed by atoms with Crippen LogP contribution in [0.1, 0.15) is 51.7 Å². The molecule has 1 aliphatic heterocycles. The molecule has 0 saturated heterocycles. The second-order valence-electron chi connectivity index (χ2n) is 10.2. The van der Waals surface area contributed by atoms with E-state index in [1.165, 1.54) is 11.1 Å². The van der Waals surface area contributed by atoms with Crippen LogP contribution < -0.4 is 9.64 Å². The molecule has 5 rings (SSSR count). The molecular formula is C29H30N5OPt-3. The summed E-state index contributed by atoms with van der Waals surface area (Å²) in [5.41, 5.74) is 4.15. The summed E-state index contributed by atoms with van der Waals surface area (Å²) >= 11 is 0. The number of ether oxygens (including phenoxy) is 1. The number of pyridine rings is 1. The Labute approximate surface area is 227 Å². The van der Waals surface area contributed by atoms with Crippen molar-refractivity contribution in [2.75, 3.05) is 11.9 Å². The minimum Gasteiger partial charge on any atom is -0.510 e. The van der Waals surface area contributed by atoms with Crippen LogP contribution in [0.3, 0.4) is 0 Å². The predicted octanol–water partition coefficient (Wildman–Crippen LogP) is 6.57. The second kappa shape index (κ2) is 10.1. The SMILES string of the molecule is CC(C)c1cc(Oc2[c-]c3c(cc2)cnn3-c2cc(C(C)(C)C)ccn2)[c-]c(N2C=CN(C)[CH-]2)c1.[Pt]. The Balaban J connectivity index is 0.00000304. The average molecular weight is 660 g/mol. The van der Waals surface area contributed by atoms with Crippen molar-refractivity contribution in [2.45, 2.75) is 46.0 Å². The van der Waals surface area contributed by atoms with Crippen molar-refractivity contribution in [3.8, 4) is 17.3 Å². The quantitative estimate of drug-likeness (QED) is 0.227. The summed E-state index contributed by atoms with van der Waals surface area (Å²) in [6.45, 7) is 12.9. The molecule has 7 heteroatoms. The monoisotopic (exact) mass is 659 g/mol. The van der Waals surface area contributed by atoms with E-state index in [0.29, 0.717) is 17.4 Å². The van der Waals surface area contributed by atoms with Crippen LogP contribution >= 0.6 is 0 Å². The van der Waals surface area contributed by atoms with Crippen LogP contribution in [0, 0.1) is 18.8 Å². The molecule has 0 unspecified atom stereocenters. The van der Waals surface area contributed by atoms with E-state index in [1.54, 1.807) is 0 Å². The zero-order valence-corrected chi connectivity index (χ0v) is 23.7. The van der Waals surface area contributed by atoms with E-state index in [1.807, 2.05) is 77.3 Å². The number of anilines is 1. The van der Waals surface area contributed by atoms with E-state index in [-0.39, 0.29) is 26.5 Å². The summed E-state index contributed by atoms with van der Waals surface area (Å²) in [7, 11) is 2.00. The molecule has 2 aromatic heterocycles. The van der Waals surface area contributed by atoms with Gasteiger partial charge >= 0.3 is 0 Å². The van der Waals surface area contributed by atoms with Gasteiger partial charge in [-0.3, -0.25) is 0 Å². The van der Waals surface area contributed by atoms with Crippen molar-refractivity contribution in [2.24, 2.45) is 0 Å². The minimum absolute atomic E-state index is 0. The molecule has 0 aliphatic carbocycles. The molecule has 0 radical (unpaired) electrons. The molecule has 1 aliphatic rings. The molecule has 4 aromatic rings. The third-order valence-electron chi connectivity index (χ3n) is 6.07. The maximum atomic E-state index is 6.29. The van der Waals surface area contributed by atoms with Crippen LogP contribution in [0.4, 0.5) is 5.69 Å². The Morgan fingerprint density at radius 1 is 1.00 bits per heavy atom. The van der Waals surface area contributed by atoms with Gasteiger partial charge in [0.1, 0.15) is 0 Å². The maximum absolute atomic E-state index is 6.29. The second-order valence-corrected chi connectivity index (χ2v) is 10.2. The first kappa shape index (κ1) is 26.0. The summed E-state index contributed by atoms with van der Waals surface area (Å²) in [5, 5.41) is 5.56. The fraction of sp³-hybridized carbons (Fsp3) is 0.276. The Bertz CT molecular complexity index is 1400. The summed E-state index contributed by atoms with van der Waals surface area (Å²) in [6, 6.07) is 19.0. The van der Waals surface area contributed by atoms with Crippen molar-refractivity contribution in [1.82, 2.24) is 19.7 Å². The first-order valence-corrected chi connectivity index (χ1v) is 11.8. The first-order valence-electron chi connectivity index (χ1n) is 11.8. The van der Waals surface area contributed by atoms with Gasteiger partial charge in [0.15, 0.2) is 5.82 Å². The van der Waals surface area contributed by atoms with E-state index in [0.717, 1.165) is 22.4 Å². The molecule has 6 nitrogen and oxygen atoms in total. The smallest absolute Gasteiger partial charge is 0.151 e. The molecule has 0 spiro atoms. The van der Waals surface area contributed by atoms with Gasteiger partial charge in [-0.1, -0.05) is 40.0 Å². The predicted molar refractivity (Wildman–Crippen MR) is 140 cm³/mol. The van der Waals surface area contributed by atoms with Gasteiger partial charge in [-0.15, -0.1) is 41.6 Å². The van der Waals surface area contributed by atoms with Gasteiger partial charge in [-0.25, -0.2) is 9.67 Å². The Hall–Kier alpha value is -3.11. The van der Waals surface area contributed by atoms with Gasteiger partial charge in [0.2, 0.25) is 0 Å². The third kappa shape index (κ3) is 5.34. The fourth-order valence-electron chi connectivity index (χ4n) is 3.95. The summed E-state index contributed by atoms with van der Waals surface area (Å²) in [4.78, 5) is 8.60. The standard InChI is InChI=1S/C29H30N5O.Pt/c1-20(2)22-13-24(33-12-11-32(6)19-33)16-26(14-22)35-25-8-7-21-18-31-34(27(21)17-25)28-15-23(9-10-30-28)29(3,4)5;/h7-15,18-20H,1-6H3;/q-3;. The molecule has 0 N–H and O–H groups in total. The summed E-state index contributed by atoms with van der Waals surface area (Å²) in [5.74, 6) is 2.37. The van der Waals surface area contributed by atoms with Crippen LogP contribution in [0.5, 0.6) is 11.5 Å². The molecule has 0 atom stereocenters. The molecule has 0 bridgehead atoms. The molecular weight excluding hydrogens is 629 g/mol. The number of benzene rings is 2. The van der Waals surface area contributed by atoms with E-state index < -0.39 is 0 Å². The molecule has 3 heterocycles. The summed E-state index contributed by atoms with van der Waals surface area (Å²) < 4.78 is 8.11. The van der Waals surface area contributed by atoms with E-state index in [4.69, 9.17) is 4.74 Å². The number of hydrogen-bond acceptors (Lipinski definition) is 5. The Kier molecular flexibility index (Phi) is 7.28. The molecule has 2 aromatic carbocycles. The van der Waals surface area contributed by atoms with Crippen molar-refractivity contribution in [3.63, 3.8) is 0 Å². The minimum atomic E-state index is 0. The van der Waals surface area contributed by atoms with Crippen LogP contribution in [-0.4, -0.2) is 26.7 Å². The third-order valence-corrected chi connectivity index (χ3v) is 6.07. The number of nitrogens with zero attached hydrogens (tertiary/aromatic N) is 5. The number of fused-ring (bicyclic) bond motifs is 1. The van der Waals surface area contributed by atoms with Crippen LogP contribution in [-0.2, 0) is 26.5 Å². The fourth-order valence-corrected chi connectivity index (χ4v) is 3.95. The van der Waals surface area contributed by atoms with Crippen molar-refractivity contribution >= 4 is 16.6 Å². The van der Waals surface area contributed by atoms with Gasteiger partial charge in [-0.05, 0) is 54.0 Å². The Morgan fingerprint density at radius 3 is 2.50 bits per heavy atom. The van der Waals surface area contributed by atoms with Gasteiger partial charge < -0.3 is 14.5 Å². The largest absolute Gasteiger partial charge is 0.510 e. The molecule has 0 amide bonds. The van der Waals surface area contributed by atoms with Crippen LogP contribution in [0.2, 0.25) is 0 Å². The van der Waals surface area contributed by atoms with Gasteiger partial charge in [0, 0.05) is 45.0 Å². The molecule has 0 saturated carbocycles. The Morgan fingerprint density at radius 2 is 1.81 bits per heavy atom. The maximum Gasteiger partial charge on any atom is 0.151 e. The van der Waals surface area contributed by atoms with Crippen molar-refractivity contribution < 1.29 is 25.8 Å². The number of aromatic nitrogens is 3. The van der Waals surface area contributed by atoms with Gasteiger partial charge in [-0.2, -0.15) is 17.8 Å².